The highest BCUT2D eigenvalue weighted by atomic mass is 16.2. The molecule has 17 heavy (non-hydrogen) atoms. The van der Waals surface area contributed by atoms with Gasteiger partial charge < -0.3 is 15.1 Å². The van der Waals surface area contributed by atoms with E-state index in [0.29, 0.717) is 18.6 Å². The molecule has 1 amide bonds. The Kier molecular flexibility index (Phi) is 5.92. The topological polar surface area (TPSA) is 35.6 Å². The Morgan fingerprint density at radius 1 is 1.41 bits per heavy atom. The highest BCUT2D eigenvalue weighted by molar-refractivity contribution is 5.78. The number of likely N-dealkylation sites (N-methyl/N-ethyl adjacent to an activating group) is 1. The maximum atomic E-state index is 12.0. The average Bonchev–Trinajstić information content (AvgIpc) is 3.08. The van der Waals surface area contributed by atoms with E-state index in [1.54, 1.807) is 0 Å². The van der Waals surface area contributed by atoms with Gasteiger partial charge in [-0.2, -0.15) is 0 Å². The van der Waals surface area contributed by atoms with Crippen molar-refractivity contribution in [2.75, 3.05) is 33.7 Å². The third-order valence-electron chi connectivity index (χ3n) is 3.26. The molecule has 1 aliphatic rings. The van der Waals surface area contributed by atoms with Crippen LogP contribution in [0.25, 0.3) is 0 Å². The summed E-state index contributed by atoms with van der Waals surface area (Å²) in [5, 5.41) is 3.32. The van der Waals surface area contributed by atoms with Gasteiger partial charge in [0.05, 0.1) is 6.54 Å². The molecule has 0 radical (unpaired) electrons. The first kappa shape index (κ1) is 14.5. The van der Waals surface area contributed by atoms with Crippen molar-refractivity contribution < 1.29 is 4.79 Å². The predicted octanol–water partition coefficient (Wildman–Crippen LogP) is 0.927. The van der Waals surface area contributed by atoms with Crippen molar-refractivity contribution >= 4 is 5.91 Å². The summed E-state index contributed by atoms with van der Waals surface area (Å²) in [5.41, 5.74) is 0. The first-order chi connectivity index (χ1) is 8.04. The molecule has 100 valence electrons. The number of amides is 1. The van der Waals surface area contributed by atoms with Gasteiger partial charge in [-0.3, -0.25) is 4.79 Å². The van der Waals surface area contributed by atoms with Crippen molar-refractivity contribution in [1.82, 2.24) is 15.1 Å². The molecule has 1 rings (SSSR count). The van der Waals surface area contributed by atoms with E-state index in [9.17, 15) is 4.79 Å². The van der Waals surface area contributed by atoms with Crippen LogP contribution in [0.2, 0.25) is 0 Å². The van der Waals surface area contributed by atoms with E-state index in [4.69, 9.17) is 0 Å². The van der Waals surface area contributed by atoms with Crippen LogP contribution in [0.1, 0.15) is 33.1 Å². The van der Waals surface area contributed by atoms with E-state index in [0.717, 1.165) is 19.5 Å². The molecule has 0 aliphatic heterocycles. The second kappa shape index (κ2) is 6.97. The van der Waals surface area contributed by atoms with Crippen LogP contribution < -0.4 is 5.32 Å². The van der Waals surface area contributed by atoms with Crippen LogP contribution in [0.5, 0.6) is 0 Å². The van der Waals surface area contributed by atoms with Crippen molar-refractivity contribution in [3.05, 3.63) is 0 Å². The second-order valence-corrected chi connectivity index (χ2v) is 5.28. The number of hydrogen-bond donors (Lipinski definition) is 1. The largest absolute Gasteiger partial charge is 0.339 e. The Morgan fingerprint density at radius 2 is 2.06 bits per heavy atom. The lowest BCUT2D eigenvalue weighted by Crippen LogP contribution is -2.42. The Morgan fingerprint density at radius 3 is 2.53 bits per heavy atom. The zero-order chi connectivity index (χ0) is 12.8. The number of rotatable bonds is 8. The highest BCUT2D eigenvalue weighted by Gasteiger charge is 2.30. The summed E-state index contributed by atoms with van der Waals surface area (Å²) in [4.78, 5) is 16.1. The molecule has 4 nitrogen and oxygen atoms in total. The van der Waals surface area contributed by atoms with E-state index >= 15 is 0 Å². The van der Waals surface area contributed by atoms with Crippen molar-refractivity contribution in [3.63, 3.8) is 0 Å². The van der Waals surface area contributed by atoms with Gasteiger partial charge in [0.25, 0.3) is 0 Å². The van der Waals surface area contributed by atoms with E-state index in [1.807, 2.05) is 4.90 Å². The SMILES string of the molecule is CCN(C(=O)CNC(C)CCN(C)C)C1CC1. The lowest BCUT2D eigenvalue weighted by Gasteiger charge is -2.22. The van der Waals surface area contributed by atoms with E-state index < -0.39 is 0 Å². The third-order valence-corrected chi connectivity index (χ3v) is 3.26. The molecule has 1 atom stereocenters. The average molecular weight is 241 g/mol. The molecule has 0 spiro atoms. The molecular weight excluding hydrogens is 214 g/mol. The zero-order valence-electron chi connectivity index (χ0n) is 11.7. The number of hydrogen-bond acceptors (Lipinski definition) is 3. The van der Waals surface area contributed by atoms with Gasteiger partial charge in [-0.15, -0.1) is 0 Å². The first-order valence-electron chi connectivity index (χ1n) is 6.72. The fraction of sp³-hybridized carbons (Fsp3) is 0.923. The van der Waals surface area contributed by atoms with E-state index in [-0.39, 0.29) is 5.91 Å². The molecule has 0 heterocycles. The molecule has 1 saturated carbocycles. The van der Waals surface area contributed by atoms with Crippen LogP contribution in [-0.4, -0.2) is 61.5 Å². The van der Waals surface area contributed by atoms with Crippen molar-refractivity contribution in [3.8, 4) is 0 Å². The van der Waals surface area contributed by atoms with Gasteiger partial charge in [0.2, 0.25) is 5.91 Å². The van der Waals surface area contributed by atoms with Gasteiger partial charge in [-0.25, -0.2) is 0 Å². The van der Waals surface area contributed by atoms with Crippen molar-refractivity contribution in [2.45, 2.75) is 45.2 Å². The van der Waals surface area contributed by atoms with Crippen LogP contribution in [0, 0.1) is 0 Å². The summed E-state index contributed by atoms with van der Waals surface area (Å²) in [6.45, 7) is 6.59. The molecule has 0 aromatic carbocycles. The minimum atomic E-state index is 0.256. The van der Waals surface area contributed by atoms with Gasteiger partial charge in [-0.05, 0) is 53.8 Å². The molecule has 4 heteroatoms. The van der Waals surface area contributed by atoms with Crippen LogP contribution in [0.15, 0.2) is 0 Å². The predicted molar refractivity (Wildman–Crippen MR) is 71.0 cm³/mol. The third kappa shape index (κ3) is 5.50. The normalized spacial score (nSPS) is 17.2. The fourth-order valence-electron chi connectivity index (χ4n) is 1.94. The molecule has 1 aliphatic carbocycles. The number of carbonyl (C=O) groups excluding carboxylic acids is 1. The quantitative estimate of drug-likeness (QED) is 0.686. The zero-order valence-corrected chi connectivity index (χ0v) is 11.7. The van der Waals surface area contributed by atoms with E-state index in [2.05, 4.69) is 38.2 Å². The van der Waals surface area contributed by atoms with Gasteiger partial charge in [-0.1, -0.05) is 0 Å². The molecule has 1 unspecified atom stereocenters. The summed E-state index contributed by atoms with van der Waals surface area (Å²) in [7, 11) is 4.15. The summed E-state index contributed by atoms with van der Waals surface area (Å²) in [6.07, 6.45) is 3.46. The number of nitrogens with zero attached hydrogens (tertiary/aromatic N) is 2. The standard InChI is InChI=1S/C13H27N3O/c1-5-16(12-6-7-12)13(17)10-14-11(2)8-9-15(3)4/h11-12,14H,5-10H2,1-4H3. The number of nitrogens with one attached hydrogen (secondary N) is 1. The maximum absolute atomic E-state index is 12.0. The Labute approximate surface area is 105 Å². The molecule has 0 saturated heterocycles. The summed E-state index contributed by atoms with van der Waals surface area (Å²) >= 11 is 0. The van der Waals surface area contributed by atoms with Crippen molar-refractivity contribution in [1.29, 1.82) is 0 Å². The molecular formula is C13H27N3O. The van der Waals surface area contributed by atoms with Crippen LogP contribution in [0.4, 0.5) is 0 Å². The van der Waals surface area contributed by atoms with E-state index in [1.165, 1.54) is 12.8 Å². The van der Waals surface area contributed by atoms with Crippen LogP contribution in [0.3, 0.4) is 0 Å². The van der Waals surface area contributed by atoms with Crippen LogP contribution >= 0.6 is 0 Å². The first-order valence-corrected chi connectivity index (χ1v) is 6.72. The van der Waals surface area contributed by atoms with Gasteiger partial charge in [0.1, 0.15) is 0 Å². The van der Waals surface area contributed by atoms with Crippen LogP contribution in [-0.2, 0) is 4.79 Å². The molecule has 1 N–H and O–H groups in total. The Balaban J connectivity index is 2.17. The Hall–Kier alpha value is -0.610. The molecule has 0 aromatic rings. The fourth-order valence-corrected chi connectivity index (χ4v) is 1.94. The maximum Gasteiger partial charge on any atom is 0.236 e. The Bertz CT molecular complexity index is 239. The molecule has 0 aromatic heterocycles. The second-order valence-electron chi connectivity index (χ2n) is 5.28. The summed E-state index contributed by atoms with van der Waals surface area (Å²) in [5.74, 6) is 0.256. The highest BCUT2D eigenvalue weighted by Crippen LogP contribution is 2.26. The summed E-state index contributed by atoms with van der Waals surface area (Å²) in [6, 6.07) is 0.936. The smallest absolute Gasteiger partial charge is 0.236 e. The minimum absolute atomic E-state index is 0.256. The summed E-state index contributed by atoms with van der Waals surface area (Å²) < 4.78 is 0. The molecule has 0 bridgehead atoms. The van der Waals surface area contributed by atoms with Gasteiger partial charge in [0, 0.05) is 18.6 Å². The lowest BCUT2D eigenvalue weighted by atomic mass is 10.2. The molecule has 1 fully saturated rings. The van der Waals surface area contributed by atoms with Crippen molar-refractivity contribution in [2.24, 2.45) is 0 Å². The van der Waals surface area contributed by atoms with Gasteiger partial charge >= 0.3 is 0 Å². The monoisotopic (exact) mass is 241 g/mol. The lowest BCUT2D eigenvalue weighted by molar-refractivity contribution is -0.130. The minimum Gasteiger partial charge on any atom is -0.339 e. The van der Waals surface area contributed by atoms with Gasteiger partial charge in [0.15, 0.2) is 0 Å². The number of carbonyl (C=O) groups is 1.